The van der Waals surface area contributed by atoms with Crippen LogP contribution in [-0.2, 0) is 10.0 Å². The van der Waals surface area contributed by atoms with Crippen LogP contribution in [0.5, 0.6) is 0 Å². The van der Waals surface area contributed by atoms with Gasteiger partial charge in [-0.3, -0.25) is 10.1 Å². The number of benzene rings is 1. The Hall–Kier alpha value is -1.77. The third kappa shape index (κ3) is 3.52. The quantitative estimate of drug-likeness (QED) is 0.907. The predicted molar refractivity (Wildman–Crippen MR) is 86.6 cm³/mol. The summed E-state index contributed by atoms with van der Waals surface area (Å²) in [5, 5.41) is 4.90. The summed E-state index contributed by atoms with van der Waals surface area (Å²) in [6, 6.07) is 5.71. The normalized spacial score (nSPS) is 11.9. The fourth-order valence-electron chi connectivity index (χ4n) is 1.68. The molecule has 1 aromatic carbocycles. The first-order valence-electron chi connectivity index (χ1n) is 6.61. The molecule has 1 aromatic heterocycles. The standard InChI is InChI=1S/C14H17N3O3S2/c1-10(2)17(3)22(19,20)12-6-4-11(5-7-12)13(18)16-14-15-8-9-21-14/h4-10H,1-3H3,(H,15,16,18). The van der Waals surface area contributed by atoms with Gasteiger partial charge in [0.15, 0.2) is 5.13 Å². The minimum atomic E-state index is -3.54. The van der Waals surface area contributed by atoms with Gasteiger partial charge in [-0.05, 0) is 38.1 Å². The maximum Gasteiger partial charge on any atom is 0.257 e. The average Bonchev–Trinajstić information content (AvgIpc) is 2.99. The minimum absolute atomic E-state index is 0.141. The molecule has 0 radical (unpaired) electrons. The average molecular weight is 339 g/mol. The van der Waals surface area contributed by atoms with Gasteiger partial charge in [-0.25, -0.2) is 13.4 Å². The highest BCUT2D eigenvalue weighted by atomic mass is 32.2. The molecule has 2 aromatic rings. The summed E-state index contributed by atoms with van der Waals surface area (Å²) >= 11 is 1.31. The number of hydrogen-bond donors (Lipinski definition) is 1. The first kappa shape index (κ1) is 16.6. The molecule has 0 bridgehead atoms. The fraction of sp³-hybridized carbons (Fsp3) is 0.286. The largest absolute Gasteiger partial charge is 0.298 e. The Labute approximate surface area is 133 Å². The van der Waals surface area contributed by atoms with Gasteiger partial charge in [-0.1, -0.05) is 0 Å². The van der Waals surface area contributed by atoms with Crippen LogP contribution in [0.1, 0.15) is 24.2 Å². The Morgan fingerprint density at radius 1 is 1.27 bits per heavy atom. The first-order valence-corrected chi connectivity index (χ1v) is 8.93. The van der Waals surface area contributed by atoms with Crippen molar-refractivity contribution in [2.75, 3.05) is 12.4 Å². The summed E-state index contributed by atoms with van der Waals surface area (Å²) in [4.78, 5) is 16.1. The van der Waals surface area contributed by atoms with Crippen LogP contribution in [0.25, 0.3) is 0 Å². The molecule has 0 aliphatic rings. The molecule has 0 spiro atoms. The molecule has 22 heavy (non-hydrogen) atoms. The van der Waals surface area contributed by atoms with E-state index in [4.69, 9.17) is 0 Å². The zero-order valence-electron chi connectivity index (χ0n) is 12.5. The van der Waals surface area contributed by atoms with Gasteiger partial charge in [0.25, 0.3) is 5.91 Å². The van der Waals surface area contributed by atoms with Crippen molar-refractivity contribution in [3.05, 3.63) is 41.4 Å². The second kappa shape index (κ2) is 6.55. The van der Waals surface area contributed by atoms with E-state index in [1.165, 1.54) is 47.0 Å². The molecule has 8 heteroatoms. The Bertz CT molecular complexity index is 738. The summed E-state index contributed by atoms with van der Waals surface area (Å²) in [6.07, 6.45) is 1.59. The van der Waals surface area contributed by atoms with Crippen molar-refractivity contribution >= 4 is 32.4 Å². The van der Waals surface area contributed by atoms with Crippen LogP contribution < -0.4 is 5.32 Å². The molecule has 6 nitrogen and oxygen atoms in total. The summed E-state index contributed by atoms with van der Waals surface area (Å²) in [5.74, 6) is -0.323. The number of aromatic nitrogens is 1. The summed E-state index contributed by atoms with van der Waals surface area (Å²) in [5.41, 5.74) is 0.376. The number of anilines is 1. The van der Waals surface area contributed by atoms with E-state index in [9.17, 15) is 13.2 Å². The number of carbonyl (C=O) groups excluding carboxylic acids is 1. The van der Waals surface area contributed by atoms with Gasteiger partial charge in [0, 0.05) is 30.2 Å². The molecular formula is C14H17N3O3S2. The Balaban J connectivity index is 2.18. The van der Waals surface area contributed by atoms with E-state index < -0.39 is 10.0 Å². The highest BCUT2D eigenvalue weighted by molar-refractivity contribution is 7.89. The Morgan fingerprint density at radius 2 is 1.91 bits per heavy atom. The van der Waals surface area contributed by atoms with Crippen molar-refractivity contribution in [2.24, 2.45) is 0 Å². The summed E-state index contributed by atoms with van der Waals surface area (Å²) in [7, 11) is -2.01. The number of rotatable bonds is 5. The molecule has 0 aliphatic heterocycles. The number of thiazole rings is 1. The summed E-state index contributed by atoms with van der Waals surface area (Å²) < 4.78 is 25.9. The van der Waals surface area contributed by atoms with Crippen molar-refractivity contribution in [3.63, 3.8) is 0 Å². The van der Waals surface area contributed by atoms with Crippen LogP contribution in [-0.4, -0.2) is 36.7 Å². The van der Waals surface area contributed by atoms with Crippen LogP contribution in [0, 0.1) is 0 Å². The van der Waals surface area contributed by atoms with Gasteiger partial charge in [0.1, 0.15) is 0 Å². The highest BCUT2D eigenvalue weighted by Crippen LogP contribution is 2.18. The van der Waals surface area contributed by atoms with Crippen molar-refractivity contribution in [1.29, 1.82) is 0 Å². The van der Waals surface area contributed by atoms with Crippen molar-refractivity contribution in [2.45, 2.75) is 24.8 Å². The van der Waals surface area contributed by atoms with Gasteiger partial charge in [0.2, 0.25) is 10.0 Å². The third-order valence-electron chi connectivity index (χ3n) is 3.17. The third-order valence-corrected chi connectivity index (χ3v) is 5.91. The number of nitrogens with one attached hydrogen (secondary N) is 1. The maximum atomic E-state index is 12.3. The second-order valence-corrected chi connectivity index (χ2v) is 7.82. The number of nitrogens with zero attached hydrogens (tertiary/aromatic N) is 2. The Morgan fingerprint density at radius 3 is 2.41 bits per heavy atom. The lowest BCUT2D eigenvalue weighted by Gasteiger charge is -2.20. The van der Waals surface area contributed by atoms with Crippen LogP contribution in [0.15, 0.2) is 40.7 Å². The van der Waals surface area contributed by atoms with Crippen molar-refractivity contribution in [3.8, 4) is 0 Å². The molecule has 0 saturated heterocycles. The van der Waals surface area contributed by atoms with E-state index in [0.717, 1.165) is 0 Å². The molecule has 1 amide bonds. The minimum Gasteiger partial charge on any atom is -0.298 e. The van der Waals surface area contributed by atoms with Crippen LogP contribution in [0.3, 0.4) is 0 Å². The topological polar surface area (TPSA) is 79.4 Å². The lowest BCUT2D eigenvalue weighted by Crippen LogP contribution is -2.33. The van der Waals surface area contributed by atoms with Crippen molar-refractivity contribution in [1.82, 2.24) is 9.29 Å². The number of amides is 1. The lowest BCUT2D eigenvalue weighted by atomic mass is 10.2. The zero-order chi connectivity index (χ0) is 16.3. The molecule has 1 heterocycles. The van der Waals surface area contributed by atoms with E-state index >= 15 is 0 Å². The van der Waals surface area contributed by atoms with Crippen molar-refractivity contribution < 1.29 is 13.2 Å². The number of sulfonamides is 1. The fourth-order valence-corrected chi connectivity index (χ4v) is 3.57. The maximum absolute atomic E-state index is 12.3. The second-order valence-electron chi connectivity index (χ2n) is 4.93. The van der Waals surface area contributed by atoms with E-state index in [-0.39, 0.29) is 16.8 Å². The van der Waals surface area contributed by atoms with Crippen LogP contribution >= 0.6 is 11.3 Å². The van der Waals surface area contributed by atoms with Gasteiger partial charge < -0.3 is 0 Å². The number of carbonyl (C=O) groups is 1. The molecule has 0 saturated carbocycles. The molecular weight excluding hydrogens is 322 g/mol. The first-order chi connectivity index (χ1) is 10.3. The smallest absolute Gasteiger partial charge is 0.257 e. The predicted octanol–water partition coefficient (Wildman–Crippen LogP) is 2.42. The van der Waals surface area contributed by atoms with Gasteiger partial charge in [-0.15, -0.1) is 11.3 Å². The molecule has 1 N–H and O–H groups in total. The molecule has 118 valence electrons. The SMILES string of the molecule is CC(C)N(C)S(=O)(=O)c1ccc(C(=O)Nc2nccs2)cc1. The zero-order valence-corrected chi connectivity index (χ0v) is 14.1. The van der Waals surface area contributed by atoms with Crippen LogP contribution in [0.4, 0.5) is 5.13 Å². The molecule has 0 fully saturated rings. The van der Waals surface area contributed by atoms with Gasteiger partial charge >= 0.3 is 0 Å². The molecule has 0 atom stereocenters. The van der Waals surface area contributed by atoms with Gasteiger partial charge in [0.05, 0.1) is 4.90 Å². The molecule has 0 aliphatic carbocycles. The van der Waals surface area contributed by atoms with E-state index in [2.05, 4.69) is 10.3 Å². The van der Waals surface area contributed by atoms with Gasteiger partial charge in [-0.2, -0.15) is 4.31 Å². The number of hydrogen-bond acceptors (Lipinski definition) is 5. The molecule has 2 rings (SSSR count). The monoisotopic (exact) mass is 339 g/mol. The highest BCUT2D eigenvalue weighted by Gasteiger charge is 2.23. The summed E-state index contributed by atoms with van der Waals surface area (Å²) in [6.45, 7) is 3.60. The lowest BCUT2D eigenvalue weighted by molar-refractivity contribution is 0.102. The Kier molecular flexibility index (Phi) is 4.94. The van der Waals surface area contributed by atoms with E-state index in [0.29, 0.717) is 10.7 Å². The van der Waals surface area contributed by atoms with E-state index in [1.54, 1.807) is 25.4 Å². The van der Waals surface area contributed by atoms with Crippen LogP contribution in [0.2, 0.25) is 0 Å². The molecule has 0 unspecified atom stereocenters. The van der Waals surface area contributed by atoms with E-state index in [1.807, 2.05) is 0 Å².